The number of ketones is 1. The van der Waals surface area contributed by atoms with Gasteiger partial charge in [-0.1, -0.05) is 6.07 Å². The second-order valence-electron chi connectivity index (χ2n) is 5.75. The van der Waals surface area contributed by atoms with E-state index in [-0.39, 0.29) is 11.7 Å². The summed E-state index contributed by atoms with van der Waals surface area (Å²) in [7, 11) is 3.21. The minimum Gasteiger partial charge on any atom is -0.493 e. The van der Waals surface area contributed by atoms with Crippen LogP contribution in [0.2, 0.25) is 0 Å². The Morgan fingerprint density at radius 2 is 2.00 bits per heavy atom. The maximum absolute atomic E-state index is 12.6. The number of aromatic nitrogens is 4. The molecule has 0 saturated heterocycles. The molecule has 0 amide bonds. The van der Waals surface area contributed by atoms with Gasteiger partial charge in [0.1, 0.15) is 6.33 Å². The van der Waals surface area contributed by atoms with Crippen LogP contribution in [0.5, 0.6) is 11.5 Å². The van der Waals surface area contributed by atoms with Crippen LogP contribution in [-0.2, 0) is 6.42 Å². The number of benzene rings is 1. The number of methoxy groups -OCH3 is 2. The van der Waals surface area contributed by atoms with Gasteiger partial charge in [-0.15, -0.1) is 0 Å². The Bertz CT molecular complexity index is 935. The number of Topliss-reactive ketones (excluding diaryl/α,β-unsaturated/α-hetero) is 1. The van der Waals surface area contributed by atoms with E-state index in [4.69, 9.17) is 9.47 Å². The van der Waals surface area contributed by atoms with Gasteiger partial charge in [-0.2, -0.15) is 10.1 Å². The molecule has 0 saturated carbocycles. The van der Waals surface area contributed by atoms with Gasteiger partial charge in [0.2, 0.25) is 0 Å². The number of nitrogens with zero attached hydrogens (tertiary/aromatic N) is 4. The molecule has 0 bridgehead atoms. The van der Waals surface area contributed by atoms with E-state index in [2.05, 4.69) is 15.1 Å². The lowest BCUT2D eigenvalue weighted by molar-refractivity contribution is 0.0962. The predicted octanol–water partition coefficient (Wildman–Crippen LogP) is 2.05. The summed E-state index contributed by atoms with van der Waals surface area (Å²) in [6.07, 6.45) is 4.27. The van der Waals surface area contributed by atoms with Crippen molar-refractivity contribution in [2.75, 3.05) is 14.2 Å². The third-order valence-electron chi connectivity index (χ3n) is 4.40. The van der Waals surface area contributed by atoms with Gasteiger partial charge >= 0.3 is 0 Å². The van der Waals surface area contributed by atoms with Crippen molar-refractivity contribution >= 4 is 11.6 Å². The molecule has 0 aliphatic heterocycles. The molecule has 1 aliphatic rings. The molecule has 4 rings (SSSR count). The Morgan fingerprint density at radius 1 is 1.17 bits per heavy atom. The molecule has 122 valence electrons. The topological polar surface area (TPSA) is 78.6 Å². The summed E-state index contributed by atoms with van der Waals surface area (Å²) in [5, 5.41) is 4.04. The van der Waals surface area contributed by atoms with Crippen molar-refractivity contribution in [3.8, 4) is 11.5 Å². The number of ether oxygens (including phenoxy) is 2. The standard InChI is InChI=1S/C17H16N4O3/c1-23-15-4-3-10(7-16(15)24-2)11-5-13-12(14(22)6-11)8-21-17(20-13)18-9-19-21/h3-4,7-9,11H,5-6H2,1-2H3/t11-/m0/s1. The van der Waals surface area contributed by atoms with E-state index in [0.29, 0.717) is 35.7 Å². The zero-order valence-corrected chi connectivity index (χ0v) is 13.4. The van der Waals surface area contributed by atoms with Gasteiger partial charge in [0, 0.05) is 12.6 Å². The first-order valence-electron chi connectivity index (χ1n) is 7.64. The van der Waals surface area contributed by atoms with Crippen LogP contribution in [0.1, 0.15) is 34.0 Å². The average Bonchev–Trinajstić information content (AvgIpc) is 3.06. The summed E-state index contributed by atoms with van der Waals surface area (Å²) in [6, 6.07) is 5.76. The molecule has 7 heteroatoms. The minimum atomic E-state index is 0.0580. The fourth-order valence-corrected chi connectivity index (χ4v) is 3.16. The van der Waals surface area contributed by atoms with E-state index in [9.17, 15) is 4.79 Å². The summed E-state index contributed by atoms with van der Waals surface area (Å²) >= 11 is 0. The number of rotatable bonds is 3. The third kappa shape index (κ3) is 2.29. The summed E-state index contributed by atoms with van der Waals surface area (Å²) < 4.78 is 12.2. The highest BCUT2D eigenvalue weighted by Crippen LogP contribution is 2.36. The number of carbonyl (C=O) groups excluding carboxylic acids is 1. The number of carbonyl (C=O) groups is 1. The van der Waals surface area contributed by atoms with Crippen LogP contribution in [0.15, 0.2) is 30.7 Å². The number of fused-ring (bicyclic) bond motifs is 2. The fourth-order valence-electron chi connectivity index (χ4n) is 3.16. The molecule has 2 aromatic heterocycles. The molecule has 3 aromatic rings. The molecule has 2 heterocycles. The van der Waals surface area contributed by atoms with Crippen LogP contribution < -0.4 is 9.47 Å². The van der Waals surface area contributed by atoms with Gasteiger partial charge in [-0.3, -0.25) is 4.79 Å². The van der Waals surface area contributed by atoms with Crippen molar-refractivity contribution in [1.29, 1.82) is 0 Å². The second kappa shape index (κ2) is 5.59. The smallest absolute Gasteiger partial charge is 0.252 e. The average molecular weight is 324 g/mol. The van der Waals surface area contributed by atoms with E-state index in [0.717, 1.165) is 11.3 Å². The SMILES string of the molecule is COc1ccc([C@@H]2CC(=O)c3cn4ncnc4nc3C2)cc1OC. The molecule has 1 aliphatic carbocycles. The second-order valence-corrected chi connectivity index (χ2v) is 5.75. The molecular formula is C17H16N4O3. The summed E-state index contributed by atoms with van der Waals surface area (Å²) in [4.78, 5) is 21.1. The molecule has 0 spiro atoms. The molecule has 0 fully saturated rings. The zero-order chi connectivity index (χ0) is 16.7. The van der Waals surface area contributed by atoms with E-state index < -0.39 is 0 Å². The van der Waals surface area contributed by atoms with Crippen LogP contribution in [0.25, 0.3) is 5.78 Å². The van der Waals surface area contributed by atoms with E-state index >= 15 is 0 Å². The molecule has 1 aromatic carbocycles. The van der Waals surface area contributed by atoms with Crippen LogP contribution in [0.4, 0.5) is 0 Å². The Hall–Kier alpha value is -2.96. The van der Waals surface area contributed by atoms with E-state index in [1.165, 1.54) is 10.8 Å². The minimum absolute atomic E-state index is 0.0580. The lowest BCUT2D eigenvalue weighted by Gasteiger charge is -2.23. The highest BCUT2D eigenvalue weighted by atomic mass is 16.5. The quantitative estimate of drug-likeness (QED) is 0.734. The molecule has 7 nitrogen and oxygen atoms in total. The number of hydrogen-bond acceptors (Lipinski definition) is 6. The normalized spacial score (nSPS) is 16.9. The first kappa shape index (κ1) is 14.6. The highest BCUT2D eigenvalue weighted by molar-refractivity contribution is 5.98. The maximum Gasteiger partial charge on any atom is 0.252 e. The largest absolute Gasteiger partial charge is 0.493 e. The molecular weight excluding hydrogens is 308 g/mol. The Labute approximate surface area is 138 Å². The maximum atomic E-state index is 12.6. The highest BCUT2D eigenvalue weighted by Gasteiger charge is 2.29. The van der Waals surface area contributed by atoms with Crippen LogP contribution >= 0.6 is 0 Å². The fraction of sp³-hybridized carbons (Fsp3) is 0.294. The van der Waals surface area contributed by atoms with Gasteiger partial charge in [0.15, 0.2) is 17.3 Å². The van der Waals surface area contributed by atoms with Gasteiger partial charge in [-0.05, 0) is 30.0 Å². The van der Waals surface area contributed by atoms with Crippen LogP contribution in [0, 0.1) is 0 Å². The van der Waals surface area contributed by atoms with Gasteiger partial charge in [0.25, 0.3) is 5.78 Å². The van der Waals surface area contributed by atoms with Gasteiger partial charge in [-0.25, -0.2) is 9.50 Å². The Kier molecular flexibility index (Phi) is 3.41. The summed E-state index contributed by atoms with van der Waals surface area (Å²) in [5.41, 5.74) is 2.44. The van der Waals surface area contributed by atoms with Gasteiger partial charge in [0.05, 0.1) is 25.5 Å². The summed E-state index contributed by atoms with van der Waals surface area (Å²) in [6.45, 7) is 0. The lowest BCUT2D eigenvalue weighted by atomic mass is 9.82. The molecule has 0 N–H and O–H groups in total. The van der Waals surface area contributed by atoms with Crippen molar-refractivity contribution in [3.63, 3.8) is 0 Å². The van der Waals surface area contributed by atoms with E-state index in [1.54, 1.807) is 20.4 Å². The van der Waals surface area contributed by atoms with Crippen LogP contribution in [-0.4, -0.2) is 39.6 Å². The molecule has 24 heavy (non-hydrogen) atoms. The summed E-state index contributed by atoms with van der Waals surface area (Å²) in [5.74, 6) is 1.97. The molecule has 0 radical (unpaired) electrons. The monoisotopic (exact) mass is 324 g/mol. The van der Waals surface area contributed by atoms with E-state index in [1.807, 2.05) is 18.2 Å². The van der Waals surface area contributed by atoms with Crippen LogP contribution in [0.3, 0.4) is 0 Å². The zero-order valence-electron chi connectivity index (χ0n) is 13.4. The first-order chi connectivity index (χ1) is 11.7. The third-order valence-corrected chi connectivity index (χ3v) is 4.40. The van der Waals surface area contributed by atoms with Crippen molar-refractivity contribution in [1.82, 2.24) is 19.6 Å². The van der Waals surface area contributed by atoms with Crippen molar-refractivity contribution in [2.24, 2.45) is 0 Å². The molecule has 1 atom stereocenters. The van der Waals surface area contributed by atoms with Crippen molar-refractivity contribution in [3.05, 3.63) is 47.5 Å². The first-order valence-corrected chi connectivity index (χ1v) is 7.64. The van der Waals surface area contributed by atoms with Crippen molar-refractivity contribution < 1.29 is 14.3 Å². The molecule has 0 unspecified atom stereocenters. The predicted molar refractivity (Wildman–Crippen MR) is 85.7 cm³/mol. The Balaban J connectivity index is 1.73. The lowest BCUT2D eigenvalue weighted by Crippen LogP contribution is -2.21. The van der Waals surface area contributed by atoms with Crippen molar-refractivity contribution in [2.45, 2.75) is 18.8 Å². The number of hydrogen-bond donors (Lipinski definition) is 0. The van der Waals surface area contributed by atoms with Gasteiger partial charge < -0.3 is 9.47 Å². The Morgan fingerprint density at radius 3 is 2.79 bits per heavy atom.